The van der Waals surface area contributed by atoms with Gasteiger partial charge in [0.25, 0.3) is 0 Å². The fourth-order valence-electron chi connectivity index (χ4n) is 2.97. The topological polar surface area (TPSA) is 55.8 Å². The van der Waals surface area contributed by atoms with Crippen LogP contribution in [0.1, 0.15) is 37.0 Å². The lowest BCUT2D eigenvalue weighted by molar-refractivity contribution is -0.145. The highest BCUT2D eigenvalue weighted by Gasteiger charge is 2.10. The van der Waals surface area contributed by atoms with E-state index in [2.05, 4.69) is 19.9 Å². The molecule has 0 aliphatic heterocycles. The lowest BCUT2D eigenvalue weighted by Gasteiger charge is -2.16. The Kier molecular flexibility index (Phi) is 6.59. The molecular formula is C21H26O4. The molecule has 4 heteroatoms. The number of esters is 1. The molecule has 0 fully saturated rings. The Morgan fingerprint density at radius 1 is 1.16 bits per heavy atom. The first-order chi connectivity index (χ1) is 11.9. The second kappa shape index (κ2) is 8.67. The minimum absolute atomic E-state index is 0.0354. The second-order valence-corrected chi connectivity index (χ2v) is 6.35. The largest absolute Gasteiger partial charge is 0.493 e. The first-order valence-electron chi connectivity index (χ1n) is 8.52. The van der Waals surface area contributed by atoms with E-state index in [9.17, 15) is 9.90 Å². The summed E-state index contributed by atoms with van der Waals surface area (Å²) in [6.45, 7) is 7.91. The monoisotopic (exact) mass is 342 g/mol. The van der Waals surface area contributed by atoms with Crippen molar-refractivity contribution in [2.45, 2.75) is 46.8 Å². The summed E-state index contributed by atoms with van der Waals surface area (Å²) in [5.41, 5.74) is 5.40. The molecule has 4 nitrogen and oxygen atoms in total. The Hall–Kier alpha value is -2.33. The van der Waals surface area contributed by atoms with Gasteiger partial charge < -0.3 is 14.6 Å². The molecule has 1 atom stereocenters. The van der Waals surface area contributed by atoms with Gasteiger partial charge in [0, 0.05) is 13.3 Å². The molecule has 25 heavy (non-hydrogen) atoms. The third-order valence-corrected chi connectivity index (χ3v) is 4.06. The zero-order chi connectivity index (χ0) is 18.4. The van der Waals surface area contributed by atoms with Crippen LogP contribution in [0.15, 0.2) is 36.4 Å². The molecular weight excluding hydrogens is 316 g/mol. The maximum Gasteiger partial charge on any atom is 0.302 e. The van der Waals surface area contributed by atoms with Crippen LogP contribution >= 0.6 is 0 Å². The highest BCUT2D eigenvalue weighted by atomic mass is 16.5. The van der Waals surface area contributed by atoms with E-state index < -0.39 is 0 Å². The Morgan fingerprint density at radius 2 is 1.84 bits per heavy atom. The Morgan fingerprint density at radius 3 is 2.44 bits per heavy atom. The molecule has 2 rings (SSSR count). The molecule has 0 bridgehead atoms. The molecule has 0 unspecified atom stereocenters. The van der Waals surface area contributed by atoms with Crippen LogP contribution in [-0.2, 0) is 16.1 Å². The minimum atomic E-state index is -0.270. The van der Waals surface area contributed by atoms with Gasteiger partial charge in [-0.1, -0.05) is 18.2 Å². The zero-order valence-electron chi connectivity index (χ0n) is 15.3. The summed E-state index contributed by atoms with van der Waals surface area (Å²) < 4.78 is 10.9. The summed E-state index contributed by atoms with van der Waals surface area (Å²) in [5.74, 6) is 0.542. The zero-order valence-corrected chi connectivity index (χ0v) is 15.3. The van der Waals surface area contributed by atoms with Gasteiger partial charge in [-0.05, 0) is 66.8 Å². The van der Waals surface area contributed by atoms with Crippen molar-refractivity contribution in [3.05, 3.63) is 53.1 Å². The van der Waals surface area contributed by atoms with E-state index in [-0.39, 0.29) is 18.7 Å². The van der Waals surface area contributed by atoms with Crippen molar-refractivity contribution in [1.82, 2.24) is 0 Å². The van der Waals surface area contributed by atoms with Crippen LogP contribution in [0.3, 0.4) is 0 Å². The van der Waals surface area contributed by atoms with Gasteiger partial charge in [0.2, 0.25) is 0 Å². The molecule has 0 aliphatic rings. The van der Waals surface area contributed by atoms with Crippen LogP contribution in [0.2, 0.25) is 0 Å². The summed E-state index contributed by atoms with van der Waals surface area (Å²) in [5, 5.41) is 9.34. The molecule has 0 saturated heterocycles. The summed E-state index contributed by atoms with van der Waals surface area (Å²) in [6.07, 6.45) is 0.498. The third kappa shape index (κ3) is 5.33. The maximum absolute atomic E-state index is 10.9. The van der Waals surface area contributed by atoms with Gasteiger partial charge >= 0.3 is 5.97 Å². The van der Waals surface area contributed by atoms with Gasteiger partial charge in [0.05, 0.1) is 13.2 Å². The lowest BCUT2D eigenvalue weighted by atomic mass is 9.94. The Labute approximate surface area is 149 Å². The number of hydrogen-bond donors (Lipinski definition) is 1. The van der Waals surface area contributed by atoms with Crippen molar-refractivity contribution in [3.8, 4) is 16.9 Å². The number of aryl methyl sites for hydroxylation is 2. The van der Waals surface area contributed by atoms with Gasteiger partial charge in [-0.15, -0.1) is 0 Å². The Balaban J connectivity index is 2.10. The van der Waals surface area contributed by atoms with E-state index in [1.54, 1.807) is 0 Å². The van der Waals surface area contributed by atoms with Crippen LogP contribution in [0, 0.1) is 13.8 Å². The van der Waals surface area contributed by atoms with Crippen molar-refractivity contribution in [2.24, 2.45) is 0 Å². The van der Waals surface area contributed by atoms with Crippen molar-refractivity contribution in [2.75, 3.05) is 6.61 Å². The molecule has 0 amide bonds. The van der Waals surface area contributed by atoms with Gasteiger partial charge in [0.15, 0.2) is 0 Å². The average Bonchev–Trinajstić information content (AvgIpc) is 2.53. The SMILES string of the molecule is CC(=O)O[C@H](C)CCOc1cc(C)c(-c2cccc(CO)c2)c(C)c1. The number of hydrogen-bond acceptors (Lipinski definition) is 4. The van der Waals surface area contributed by atoms with Crippen LogP contribution in [-0.4, -0.2) is 23.8 Å². The number of aliphatic hydroxyl groups excluding tert-OH is 1. The van der Waals surface area contributed by atoms with Gasteiger partial charge in [0.1, 0.15) is 11.9 Å². The smallest absolute Gasteiger partial charge is 0.302 e. The molecule has 134 valence electrons. The predicted octanol–water partition coefficient (Wildman–Crippen LogP) is 4.18. The maximum atomic E-state index is 10.9. The first-order valence-corrected chi connectivity index (χ1v) is 8.52. The molecule has 0 radical (unpaired) electrons. The molecule has 2 aromatic carbocycles. The summed E-state index contributed by atoms with van der Waals surface area (Å²) >= 11 is 0. The van der Waals surface area contributed by atoms with Gasteiger partial charge in [-0.3, -0.25) is 4.79 Å². The molecule has 0 saturated carbocycles. The quantitative estimate of drug-likeness (QED) is 0.767. The predicted molar refractivity (Wildman–Crippen MR) is 98.6 cm³/mol. The van der Waals surface area contributed by atoms with E-state index in [0.29, 0.717) is 13.0 Å². The lowest BCUT2D eigenvalue weighted by Crippen LogP contribution is -2.15. The van der Waals surface area contributed by atoms with Gasteiger partial charge in [-0.2, -0.15) is 0 Å². The van der Waals surface area contributed by atoms with E-state index in [1.807, 2.05) is 37.3 Å². The molecule has 0 aromatic heterocycles. The Bertz CT molecular complexity index is 713. The first kappa shape index (κ1) is 19.0. The molecule has 0 spiro atoms. The number of carbonyl (C=O) groups excluding carboxylic acids is 1. The average molecular weight is 342 g/mol. The summed E-state index contributed by atoms with van der Waals surface area (Å²) in [7, 11) is 0. The normalized spacial score (nSPS) is 11.9. The van der Waals surface area contributed by atoms with Crippen molar-refractivity contribution in [1.29, 1.82) is 0 Å². The van der Waals surface area contributed by atoms with Crippen LogP contribution in [0.5, 0.6) is 5.75 Å². The van der Waals surface area contributed by atoms with E-state index in [1.165, 1.54) is 6.92 Å². The van der Waals surface area contributed by atoms with Crippen LogP contribution in [0.25, 0.3) is 11.1 Å². The van der Waals surface area contributed by atoms with E-state index >= 15 is 0 Å². The van der Waals surface area contributed by atoms with Crippen LogP contribution in [0.4, 0.5) is 0 Å². The number of benzene rings is 2. The fourth-order valence-corrected chi connectivity index (χ4v) is 2.97. The molecule has 0 aliphatic carbocycles. The highest BCUT2D eigenvalue weighted by Crippen LogP contribution is 2.31. The molecule has 1 N–H and O–H groups in total. The van der Waals surface area contributed by atoms with Crippen molar-refractivity contribution >= 4 is 5.97 Å². The number of ether oxygens (including phenoxy) is 2. The van der Waals surface area contributed by atoms with Crippen LogP contribution < -0.4 is 4.74 Å². The van der Waals surface area contributed by atoms with Gasteiger partial charge in [-0.25, -0.2) is 0 Å². The fraction of sp³-hybridized carbons (Fsp3) is 0.381. The highest BCUT2D eigenvalue weighted by molar-refractivity contribution is 5.72. The standard InChI is InChI=1S/C21H26O4/c1-14-10-20(24-9-8-16(3)25-17(4)23)11-15(2)21(14)19-7-5-6-18(12-19)13-22/h5-7,10-12,16,22H,8-9,13H2,1-4H3/t16-/m1/s1. The number of aliphatic hydroxyl groups is 1. The van der Waals surface area contributed by atoms with Crippen molar-refractivity contribution < 1.29 is 19.4 Å². The summed E-state index contributed by atoms with van der Waals surface area (Å²) in [6, 6.07) is 12.0. The van der Waals surface area contributed by atoms with E-state index in [4.69, 9.17) is 9.47 Å². The second-order valence-electron chi connectivity index (χ2n) is 6.35. The molecule has 2 aromatic rings. The number of carbonyl (C=O) groups is 1. The third-order valence-electron chi connectivity index (χ3n) is 4.06. The molecule has 0 heterocycles. The van der Waals surface area contributed by atoms with Crippen molar-refractivity contribution in [3.63, 3.8) is 0 Å². The minimum Gasteiger partial charge on any atom is -0.493 e. The van der Waals surface area contributed by atoms with E-state index in [0.717, 1.165) is 33.6 Å². The summed E-state index contributed by atoms with van der Waals surface area (Å²) in [4.78, 5) is 10.9. The number of rotatable bonds is 7.